The van der Waals surface area contributed by atoms with Crippen molar-refractivity contribution in [1.82, 2.24) is 4.98 Å². The highest BCUT2D eigenvalue weighted by Crippen LogP contribution is 2.22. The van der Waals surface area contributed by atoms with Crippen molar-refractivity contribution in [2.45, 2.75) is 0 Å². The lowest BCUT2D eigenvalue weighted by molar-refractivity contribution is 0.102. The van der Waals surface area contributed by atoms with Gasteiger partial charge in [0, 0.05) is 21.6 Å². The first-order valence-electron chi connectivity index (χ1n) is 6.15. The molecule has 0 saturated heterocycles. The van der Waals surface area contributed by atoms with Crippen molar-refractivity contribution in [2.24, 2.45) is 0 Å². The second-order valence-electron chi connectivity index (χ2n) is 4.34. The zero-order valence-corrected chi connectivity index (χ0v) is 12.1. The highest BCUT2D eigenvalue weighted by Gasteiger charge is 2.08. The summed E-state index contributed by atoms with van der Waals surface area (Å²) in [5, 5.41) is 3.86. The van der Waals surface area contributed by atoms with E-state index in [4.69, 9.17) is 0 Å². The predicted octanol–water partition coefficient (Wildman–Crippen LogP) is 4.25. The molecule has 0 radical (unpaired) electrons. The smallest absolute Gasteiger partial charge is 0.255 e. The van der Waals surface area contributed by atoms with Crippen molar-refractivity contribution >= 4 is 38.4 Å². The van der Waals surface area contributed by atoms with Crippen LogP contribution in [0.15, 0.2) is 65.3 Å². The molecule has 1 N–H and O–H groups in total. The summed E-state index contributed by atoms with van der Waals surface area (Å²) >= 11 is 3.35. The summed E-state index contributed by atoms with van der Waals surface area (Å²) in [6.45, 7) is 0. The highest BCUT2D eigenvalue weighted by atomic mass is 79.9. The fourth-order valence-corrected chi connectivity index (χ4v) is 2.27. The van der Waals surface area contributed by atoms with Gasteiger partial charge < -0.3 is 5.32 Å². The number of hydrogen-bond acceptors (Lipinski definition) is 2. The van der Waals surface area contributed by atoms with E-state index < -0.39 is 0 Å². The molecule has 0 spiro atoms. The first-order chi connectivity index (χ1) is 9.74. The maximum atomic E-state index is 12.2. The summed E-state index contributed by atoms with van der Waals surface area (Å²) in [6, 6.07) is 16.7. The van der Waals surface area contributed by atoms with E-state index in [1.165, 1.54) is 0 Å². The van der Waals surface area contributed by atoms with Crippen molar-refractivity contribution in [3.8, 4) is 0 Å². The number of carbonyl (C=O) groups is 1. The highest BCUT2D eigenvalue weighted by molar-refractivity contribution is 9.10. The lowest BCUT2D eigenvalue weighted by Crippen LogP contribution is -2.11. The van der Waals surface area contributed by atoms with Crippen molar-refractivity contribution < 1.29 is 4.79 Å². The second-order valence-corrected chi connectivity index (χ2v) is 5.25. The van der Waals surface area contributed by atoms with E-state index >= 15 is 0 Å². The van der Waals surface area contributed by atoms with Gasteiger partial charge in [-0.15, -0.1) is 0 Å². The van der Waals surface area contributed by atoms with Crippen LogP contribution in [0.3, 0.4) is 0 Å². The molecule has 1 amide bonds. The van der Waals surface area contributed by atoms with E-state index in [9.17, 15) is 4.79 Å². The molecule has 1 heterocycles. The molecule has 0 aliphatic carbocycles. The number of carbonyl (C=O) groups excluding carboxylic acids is 1. The molecule has 0 bridgehead atoms. The minimum absolute atomic E-state index is 0.131. The summed E-state index contributed by atoms with van der Waals surface area (Å²) in [4.78, 5) is 16.5. The number of halogens is 1. The molecule has 0 fully saturated rings. The molecule has 20 heavy (non-hydrogen) atoms. The van der Waals surface area contributed by atoms with Crippen LogP contribution in [-0.2, 0) is 0 Å². The normalized spacial score (nSPS) is 10.4. The zero-order chi connectivity index (χ0) is 13.9. The molecule has 3 rings (SSSR count). The molecule has 1 aromatic heterocycles. The Kier molecular flexibility index (Phi) is 3.48. The fourth-order valence-electron chi connectivity index (χ4n) is 2.01. The molecule has 3 aromatic rings. The van der Waals surface area contributed by atoms with Crippen LogP contribution < -0.4 is 5.32 Å². The monoisotopic (exact) mass is 326 g/mol. The molecule has 0 aliphatic heterocycles. The van der Waals surface area contributed by atoms with Crippen LogP contribution in [0, 0.1) is 0 Å². The van der Waals surface area contributed by atoms with Crippen molar-refractivity contribution in [3.63, 3.8) is 0 Å². The first kappa shape index (κ1) is 12.8. The Hall–Kier alpha value is -2.20. The number of amides is 1. The van der Waals surface area contributed by atoms with E-state index in [1.807, 2.05) is 42.5 Å². The number of rotatable bonds is 2. The number of hydrogen-bond donors (Lipinski definition) is 1. The fraction of sp³-hybridized carbons (Fsp3) is 0. The summed E-state index contributed by atoms with van der Waals surface area (Å²) in [7, 11) is 0. The minimum atomic E-state index is -0.131. The number of nitrogens with one attached hydrogen (secondary N) is 1. The van der Waals surface area contributed by atoms with Gasteiger partial charge in [0.15, 0.2) is 0 Å². The molecular formula is C16H11BrN2O. The largest absolute Gasteiger partial charge is 0.321 e. The molecule has 0 unspecified atom stereocenters. The number of nitrogens with zero attached hydrogens (tertiary/aromatic N) is 1. The van der Waals surface area contributed by atoms with Crippen LogP contribution in [0.4, 0.5) is 5.69 Å². The van der Waals surface area contributed by atoms with E-state index in [1.54, 1.807) is 18.3 Å². The molecule has 0 aliphatic rings. The Morgan fingerprint density at radius 2 is 1.80 bits per heavy atom. The summed E-state index contributed by atoms with van der Waals surface area (Å²) in [5.74, 6) is -0.131. The predicted molar refractivity (Wildman–Crippen MR) is 83.8 cm³/mol. The zero-order valence-electron chi connectivity index (χ0n) is 10.5. The molecule has 2 aromatic carbocycles. The van der Waals surface area contributed by atoms with Crippen LogP contribution in [0.5, 0.6) is 0 Å². The number of anilines is 1. The minimum Gasteiger partial charge on any atom is -0.321 e. The van der Waals surface area contributed by atoms with Gasteiger partial charge in [-0.3, -0.25) is 9.78 Å². The third kappa shape index (κ3) is 2.56. The van der Waals surface area contributed by atoms with Gasteiger partial charge in [0.05, 0.1) is 11.2 Å². The molecule has 3 nitrogen and oxygen atoms in total. The number of fused-ring (bicyclic) bond motifs is 1. The molecule has 4 heteroatoms. The lowest BCUT2D eigenvalue weighted by atomic mass is 10.1. The summed E-state index contributed by atoms with van der Waals surface area (Å²) < 4.78 is 0.948. The Bertz CT molecular complexity index is 764. The van der Waals surface area contributed by atoms with Gasteiger partial charge in [-0.05, 0) is 48.5 Å². The average molecular weight is 327 g/mol. The van der Waals surface area contributed by atoms with Crippen molar-refractivity contribution in [2.75, 3.05) is 5.32 Å². The van der Waals surface area contributed by atoms with Crippen LogP contribution in [0.1, 0.15) is 10.4 Å². The molecular weight excluding hydrogens is 316 g/mol. The maximum Gasteiger partial charge on any atom is 0.255 e. The Morgan fingerprint density at radius 3 is 2.60 bits per heavy atom. The van der Waals surface area contributed by atoms with E-state index in [-0.39, 0.29) is 5.91 Å². The molecule has 98 valence electrons. The topological polar surface area (TPSA) is 42.0 Å². The number of benzene rings is 2. The van der Waals surface area contributed by atoms with E-state index in [0.29, 0.717) is 5.56 Å². The average Bonchev–Trinajstić information content (AvgIpc) is 2.48. The Labute approximate surface area is 124 Å². The second kappa shape index (κ2) is 5.43. The van der Waals surface area contributed by atoms with Crippen molar-refractivity contribution in [3.05, 3.63) is 70.8 Å². The third-order valence-electron chi connectivity index (χ3n) is 3.00. The van der Waals surface area contributed by atoms with Crippen LogP contribution in [0.25, 0.3) is 10.9 Å². The third-order valence-corrected chi connectivity index (χ3v) is 3.53. The lowest BCUT2D eigenvalue weighted by Gasteiger charge is -2.08. The maximum absolute atomic E-state index is 12.2. The number of aromatic nitrogens is 1. The molecule has 0 saturated carbocycles. The standard InChI is InChI=1S/C16H11BrN2O/c17-12-8-6-11(7-9-12)16(20)19-15-5-1-4-14-13(15)3-2-10-18-14/h1-10H,(H,19,20). The summed E-state index contributed by atoms with van der Waals surface area (Å²) in [6.07, 6.45) is 1.74. The molecule has 0 atom stereocenters. The van der Waals surface area contributed by atoms with Gasteiger partial charge in [0.1, 0.15) is 0 Å². The van der Waals surface area contributed by atoms with E-state index in [2.05, 4.69) is 26.2 Å². The van der Waals surface area contributed by atoms with Crippen LogP contribution >= 0.6 is 15.9 Å². The van der Waals surface area contributed by atoms with Crippen LogP contribution in [-0.4, -0.2) is 10.9 Å². The van der Waals surface area contributed by atoms with Gasteiger partial charge in [0.2, 0.25) is 0 Å². The van der Waals surface area contributed by atoms with Gasteiger partial charge in [-0.1, -0.05) is 22.0 Å². The quantitative estimate of drug-likeness (QED) is 0.764. The summed E-state index contributed by atoms with van der Waals surface area (Å²) in [5.41, 5.74) is 2.25. The van der Waals surface area contributed by atoms with Crippen LogP contribution in [0.2, 0.25) is 0 Å². The number of pyridine rings is 1. The SMILES string of the molecule is O=C(Nc1cccc2ncccc12)c1ccc(Br)cc1. The first-order valence-corrected chi connectivity index (χ1v) is 6.94. The van der Waals surface area contributed by atoms with Gasteiger partial charge >= 0.3 is 0 Å². The van der Waals surface area contributed by atoms with Gasteiger partial charge in [-0.2, -0.15) is 0 Å². The Balaban J connectivity index is 1.93. The van der Waals surface area contributed by atoms with Gasteiger partial charge in [0.25, 0.3) is 5.91 Å². The Morgan fingerprint density at radius 1 is 1.00 bits per heavy atom. The van der Waals surface area contributed by atoms with Crippen molar-refractivity contribution in [1.29, 1.82) is 0 Å². The van der Waals surface area contributed by atoms with E-state index in [0.717, 1.165) is 21.1 Å². The van der Waals surface area contributed by atoms with Gasteiger partial charge in [-0.25, -0.2) is 0 Å².